The number of guanidine groups is 1. The number of nitrogens with zero attached hydrogens (tertiary/aromatic N) is 1. The number of nitrogens with one attached hydrogen (secondary N) is 1. The van der Waals surface area contributed by atoms with E-state index in [0.29, 0.717) is 5.41 Å². The van der Waals surface area contributed by atoms with Gasteiger partial charge in [-0.2, -0.15) is 4.99 Å². The van der Waals surface area contributed by atoms with Crippen LogP contribution in [0.1, 0.15) is 38.5 Å². The van der Waals surface area contributed by atoms with E-state index in [1.165, 1.54) is 50.3 Å². The lowest BCUT2D eigenvalue weighted by Gasteiger charge is -2.56. The molecular formula is C13H22N4S. The molecule has 0 aliphatic heterocycles. The van der Waals surface area contributed by atoms with Crippen LogP contribution in [0.4, 0.5) is 0 Å². The van der Waals surface area contributed by atoms with Crippen molar-refractivity contribution in [2.75, 3.05) is 5.75 Å². The Balaban J connectivity index is 1.62. The predicted molar refractivity (Wildman–Crippen MR) is 76.6 cm³/mol. The largest absolute Gasteiger partial charge is 0.370 e. The van der Waals surface area contributed by atoms with E-state index >= 15 is 0 Å². The minimum absolute atomic E-state index is 0.00184. The van der Waals surface area contributed by atoms with Gasteiger partial charge in [-0.3, -0.25) is 5.41 Å². The lowest BCUT2D eigenvalue weighted by atomic mass is 9.50. The minimum atomic E-state index is -0.00184. The molecule has 4 rings (SSSR count). The fraction of sp³-hybridized carbons (Fsp3) is 0.846. The third-order valence-electron chi connectivity index (χ3n) is 4.91. The Hall–Kier alpha value is -0.710. The highest BCUT2D eigenvalue weighted by Gasteiger charge is 2.50. The monoisotopic (exact) mass is 266 g/mol. The van der Waals surface area contributed by atoms with E-state index in [0.717, 1.165) is 23.5 Å². The second kappa shape index (κ2) is 4.44. The number of hydrogen-bond donors (Lipinski definition) is 3. The summed E-state index contributed by atoms with van der Waals surface area (Å²) in [6, 6.07) is 0. The standard InChI is InChI=1S/C13H22N4S/c14-11(15)17-12(16)18-7-13-4-8-1-9(5-13)3-10(2-8)6-13/h8-10H,1-7H2,(H5,14,15,16,17). The average molecular weight is 266 g/mol. The molecule has 0 aromatic heterocycles. The number of thioether (sulfide) groups is 1. The van der Waals surface area contributed by atoms with Gasteiger partial charge < -0.3 is 11.5 Å². The molecule has 0 amide bonds. The van der Waals surface area contributed by atoms with Crippen molar-refractivity contribution in [3.8, 4) is 0 Å². The smallest absolute Gasteiger partial charge is 0.193 e. The van der Waals surface area contributed by atoms with Crippen LogP contribution in [0, 0.1) is 28.6 Å². The van der Waals surface area contributed by atoms with Gasteiger partial charge in [-0.15, -0.1) is 0 Å². The van der Waals surface area contributed by atoms with Crippen LogP contribution in [0.3, 0.4) is 0 Å². The summed E-state index contributed by atoms with van der Waals surface area (Å²) in [4.78, 5) is 3.81. The highest BCUT2D eigenvalue weighted by Crippen LogP contribution is 2.60. The maximum atomic E-state index is 7.74. The summed E-state index contributed by atoms with van der Waals surface area (Å²) in [5, 5.41) is 8.01. The molecule has 0 atom stereocenters. The van der Waals surface area contributed by atoms with Crippen molar-refractivity contribution in [2.24, 2.45) is 39.6 Å². The highest BCUT2D eigenvalue weighted by atomic mass is 32.2. The number of amidine groups is 1. The third kappa shape index (κ3) is 2.37. The van der Waals surface area contributed by atoms with Crippen molar-refractivity contribution in [1.29, 1.82) is 5.41 Å². The Morgan fingerprint density at radius 1 is 1.11 bits per heavy atom. The van der Waals surface area contributed by atoms with Crippen LogP contribution in [0.2, 0.25) is 0 Å². The summed E-state index contributed by atoms with van der Waals surface area (Å²) in [5.74, 6) is 3.93. The summed E-state index contributed by atoms with van der Waals surface area (Å²) in [6.07, 6.45) is 8.53. The Labute approximate surface area is 112 Å². The molecule has 4 aliphatic carbocycles. The van der Waals surface area contributed by atoms with Crippen molar-refractivity contribution in [2.45, 2.75) is 38.5 Å². The van der Waals surface area contributed by atoms with E-state index in [1.54, 1.807) is 0 Å². The van der Waals surface area contributed by atoms with Crippen LogP contribution in [-0.2, 0) is 0 Å². The van der Waals surface area contributed by atoms with Gasteiger partial charge >= 0.3 is 0 Å². The molecule has 0 unspecified atom stereocenters. The van der Waals surface area contributed by atoms with Crippen molar-refractivity contribution in [1.82, 2.24) is 0 Å². The van der Waals surface area contributed by atoms with Crippen LogP contribution in [-0.4, -0.2) is 16.9 Å². The van der Waals surface area contributed by atoms with Crippen LogP contribution in [0.25, 0.3) is 0 Å². The van der Waals surface area contributed by atoms with Crippen LogP contribution in [0.5, 0.6) is 0 Å². The van der Waals surface area contributed by atoms with Crippen molar-refractivity contribution < 1.29 is 0 Å². The molecular weight excluding hydrogens is 244 g/mol. The first-order chi connectivity index (χ1) is 8.55. The van der Waals surface area contributed by atoms with Gasteiger partial charge in [0.15, 0.2) is 11.1 Å². The molecule has 0 aromatic rings. The molecule has 18 heavy (non-hydrogen) atoms. The van der Waals surface area contributed by atoms with E-state index in [4.69, 9.17) is 16.9 Å². The molecule has 4 aliphatic rings. The van der Waals surface area contributed by atoms with E-state index in [1.807, 2.05) is 0 Å². The molecule has 4 fully saturated rings. The zero-order valence-electron chi connectivity index (χ0n) is 10.7. The Morgan fingerprint density at radius 3 is 2.06 bits per heavy atom. The summed E-state index contributed by atoms with van der Waals surface area (Å²) < 4.78 is 0. The van der Waals surface area contributed by atoms with Gasteiger partial charge in [0.1, 0.15) is 0 Å². The maximum Gasteiger partial charge on any atom is 0.193 e. The molecule has 0 spiro atoms. The second-order valence-corrected chi connectivity index (χ2v) is 7.51. The maximum absolute atomic E-state index is 7.74. The summed E-state index contributed by atoms with van der Waals surface area (Å²) in [6.45, 7) is 0. The number of aliphatic imine (C=N–C) groups is 1. The highest BCUT2D eigenvalue weighted by molar-refractivity contribution is 8.13. The first-order valence-electron chi connectivity index (χ1n) is 6.86. The Bertz CT molecular complexity index is 351. The predicted octanol–water partition coefficient (Wildman–Crippen LogP) is 2.14. The van der Waals surface area contributed by atoms with Gasteiger partial charge in [-0.25, -0.2) is 0 Å². The first kappa shape index (κ1) is 12.3. The van der Waals surface area contributed by atoms with Crippen molar-refractivity contribution in [3.05, 3.63) is 0 Å². The summed E-state index contributed by atoms with van der Waals surface area (Å²) in [5.41, 5.74) is 11.1. The Morgan fingerprint density at radius 2 is 1.61 bits per heavy atom. The van der Waals surface area contributed by atoms with E-state index in [-0.39, 0.29) is 11.1 Å². The van der Waals surface area contributed by atoms with Gasteiger partial charge in [0.25, 0.3) is 0 Å². The van der Waals surface area contributed by atoms with Gasteiger partial charge in [0, 0.05) is 5.75 Å². The summed E-state index contributed by atoms with van der Waals surface area (Å²) in [7, 11) is 0. The number of rotatable bonds is 2. The molecule has 4 bridgehead atoms. The van der Waals surface area contributed by atoms with Gasteiger partial charge in [0.05, 0.1) is 0 Å². The lowest BCUT2D eigenvalue weighted by Crippen LogP contribution is -2.47. The molecule has 4 saturated carbocycles. The van der Waals surface area contributed by atoms with Gasteiger partial charge in [0.2, 0.25) is 0 Å². The van der Waals surface area contributed by atoms with E-state index < -0.39 is 0 Å². The molecule has 0 aromatic carbocycles. The first-order valence-corrected chi connectivity index (χ1v) is 7.84. The second-order valence-electron chi connectivity index (χ2n) is 6.55. The van der Waals surface area contributed by atoms with Gasteiger partial charge in [-0.05, 0) is 61.7 Å². The SMILES string of the molecule is N=C(N=C(N)N)SCC12CC3CC(CC(C3)C1)C2. The topological polar surface area (TPSA) is 88.2 Å². The minimum Gasteiger partial charge on any atom is -0.370 e. The number of nitrogens with two attached hydrogens (primary N) is 2. The van der Waals surface area contributed by atoms with Crippen LogP contribution < -0.4 is 11.5 Å². The molecule has 5 N–H and O–H groups in total. The third-order valence-corrected chi connectivity index (χ3v) is 6.03. The molecule has 4 nitrogen and oxygen atoms in total. The number of hydrogen-bond acceptors (Lipinski definition) is 2. The zero-order chi connectivity index (χ0) is 12.8. The normalized spacial score (nSPS) is 40.8. The zero-order valence-corrected chi connectivity index (χ0v) is 11.5. The Kier molecular flexibility index (Phi) is 3.04. The molecule has 100 valence electrons. The van der Waals surface area contributed by atoms with Crippen LogP contribution in [0.15, 0.2) is 4.99 Å². The fourth-order valence-electron chi connectivity index (χ4n) is 4.84. The lowest BCUT2D eigenvalue weighted by molar-refractivity contribution is -0.0380. The quantitative estimate of drug-likeness (QED) is 0.528. The molecule has 0 radical (unpaired) electrons. The fourth-order valence-corrected chi connectivity index (χ4v) is 5.80. The average Bonchev–Trinajstić information content (AvgIpc) is 2.23. The molecule has 0 saturated heterocycles. The summed E-state index contributed by atoms with van der Waals surface area (Å²) >= 11 is 1.53. The van der Waals surface area contributed by atoms with E-state index in [9.17, 15) is 0 Å². The molecule has 5 heteroatoms. The van der Waals surface area contributed by atoms with Gasteiger partial charge in [-0.1, -0.05) is 11.8 Å². The molecule has 0 heterocycles. The van der Waals surface area contributed by atoms with E-state index in [2.05, 4.69) is 4.99 Å². The van der Waals surface area contributed by atoms with Crippen LogP contribution >= 0.6 is 11.8 Å². The van der Waals surface area contributed by atoms with Crippen molar-refractivity contribution in [3.63, 3.8) is 0 Å². The van der Waals surface area contributed by atoms with Crippen molar-refractivity contribution >= 4 is 22.9 Å².